The van der Waals surface area contributed by atoms with Crippen molar-refractivity contribution >= 4 is 35.2 Å². The number of rotatable bonds is 7. The summed E-state index contributed by atoms with van der Waals surface area (Å²) in [6.45, 7) is 0.463. The Hall–Kier alpha value is -1.24. The predicted molar refractivity (Wildman–Crippen MR) is 80.9 cm³/mol. The summed E-state index contributed by atoms with van der Waals surface area (Å²) in [5, 5.41) is 9.26. The van der Waals surface area contributed by atoms with Crippen LogP contribution in [-0.4, -0.2) is 46.5 Å². The number of carbonyl (C=O) groups is 2. The first-order chi connectivity index (χ1) is 9.40. The molecule has 0 aliphatic carbocycles. The summed E-state index contributed by atoms with van der Waals surface area (Å²) in [6, 6.07) is 6.36. The first-order valence-corrected chi connectivity index (χ1v) is 7.48. The number of nitrogens with two attached hydrogens (primary N) is 1. The van der Waals surface area contributed by atoms with E-state index in [1.54, 1.807) is 24.1 Å². The molecule has 0 aromatic heterocycles. The lowest BCUT2D eigenvalue weighted by atomic mass is 10.2. The highest BCUT2D eigenvalue weighted by atomic mass is 35.5. The third-order valence-corrected chi connectivity index (χ3v) is 3.86. The van der Waals surface area contributed by atoms with Gasteiger partial charge in [-0.05, 0) is 17.7 Å². The SMILES string of the molecule is CN(Cc1cccc(Cl)c1)C(=O)CSC[C@@H](N)C(=O)O. The molecule has 1 amide bonds. The highest BCUT2D eigenvalue weighted by Crippen LogP contribution is 2.13. The van der Waals surface area contributed by atoms with Crippen molar-refractivity contribution in [3.05, 3.63) is 34.9 Å². The molecule has 0 bridgehead atoms. The second kappa shape index (κ2) is 8.14. The normalized spacial score (nSPS) is 11.9. The van der Waals surface area contributed by atoms with Gasteiger partial charge < -0.3 is 15.7 Å². The molecule has 20 heavy (non-hydrogen) atoms. The summed E-state index contributed by atoms with van der Waals surface area (Å²) in [5.74, 6) is -0.714. The van der Waals surface area contributed by atoms with Gasteiger partial charge in [0.2, 0.25) is 5.91 Å². The monoisotopic (exact) mass is 316 g/mol. The maximum Gasteiger partial charge on any atom is 0.321 e. The van der Waals surface area contributed by atoms with Crippen LogP contribution in [0.4, 0.5) is 0 Å². The van der Waals surface area contributed by atoms with Gasteiger partial charge in [0.15, 0.2) is 0 Å². The van der Waals surface area contributed by atoms with E-state index < -0.39 is 12.0 Å². The number of nitrogens with zero attached hydrogens (tertiary/aromatic N) is 1. The Labute approximate surface area is 127 Å². The van der Waals surface area contributed by atoms with Crippen LogP contribution in [0, 0.1) is 0 Å². The highest BCUT2D eigenvalue weighted by Gasteiger charge is 2.14. The molecule has 0 aliphatic rings. The Morgan fingerprint density at radius 2 is 2.20 bits per heavy atom. The Morgan fingerprint density at radius 3 is 2.80 bits per heavy atom. The van der Waals surface area contributed by atoms with E-state index in [9.17, 15) is 9.59 Å². The number of carboxylic acids is 1. The molecule has 0 fully saturated rings. The maximum absolute atomic E-state index is 11.9. The summed E-state index contributed by atoms with van der Waals surface area (Å²) >= 11 is 7.10. The van der Waals surface area contributed by atoms with Gasteiger partial charge in [0, 0.05) is 24.4 Å². The molecule has 0 radical (unpaired) electrons. The van der Waals surface area contributed by atoms with E-state index in [0.29, 0.717) is 11.6 Å². The van der Waals surface area contributed by atoms with E-state index in [1.165, 1.54) is 11.8 Å². The number of thioether (sulfide) groups is 1. The van der Waals surface area contributed by atoms with E-state index in [-0.39, 0.29) is 17.4 Å². The predicted octanol–water partition coefficient (Wildman–Crippen LogP) is 1.44. The molecule has 0 saturated carbocycles. The molecule has 1 aromatic carbocycles. The molecular weight excluding hydrogens is 300 g/mol. The number of amides is 1. The molecule has 5 nitrogen and oxygen atoms in total. The first kappa shape index (κ1) is 16.8. The summed E-state index contributed by atoms with van der Waals surface area (Å²) in [6.07, 6.45) is 0. The van der Waals surface area contributed by atoms with Crippen molar-refractivity contribution in [1.82, 2.24) is 4.90 Å². The van der Waals surface area contributed by atoms with Crippen molar-refractivity contribution in [1.29, 1.82) is 0 Å². The first-order valence-electron chi connectivity index (χ1n) is 5.94. The van der Waals surface area contributed by atoms with Crippen LogP contribution < -0.4 is 5.73 Å². The largest absolute Gasteiger partial charge is 0.480 e. The lowest BCUT2D eigenvalue weighted by molar-refractivity contribution is -0.138. The molecule has 110 valence electrons. The Morgan fingerprint density at radius 1 is 1.50 bits per heavy atom. The van der Waals surface area contributed by atoms with Crippen LogP contribution in [0.3, 0.4) is 0 Å². The summed E-state index contributed by atoms with van der Waals surface area (Å²) in [5.41, 5.74) is 6.30. The number of carbonyl (C=O) groups excluding carboxylic acids is 1. The van der Waals surface area contributed by atoms with E-state index >= 15 is 0 Å². The lowest BCUT2D eigenvalue weighted by Gasteiger charge is -2.17. The zero-order valence-corrected chi connectivity index (χ0v) is 12.7. The lowest BCUT2D eigenvalue weighted by Crippen LogP contribution is -2.34. The maximum atomic E-state index is 11.9. The fourth-order valence-electron chi connectivity index (χ4n) is 1.45. The topological polar surface area (TPSA) is 83.6 Å². The van der Waals surface area contributed by atoms with Gasteiger partial charge in [-0.2, -0.15) is 0 Å². The minimum absolute atomic E-state index is 0.0763. The summed E-state index contributed by atoms with van der Waals surface area (Å²) in [7, 11) is 1.70. The smallest absolute Gasteiger partial charge is 0.321 e. The van der Waals surface area contributed by atoms with E-state index in [0.717, 1.165) is 5.56 Å². The number of hydrogen-bond donors (Lipinski definition) is 2. The number of aliphatic carboxylic acids is 1. The Balaban J connectivity index is 2.38. The quantitative estimate of drug-likeness (QED) is 0.795. The molecule has 0 spiro atoms. The van der Waals surface area contributed by atoms with Gasteiger partial charge in [-0.15, -0.1) is 11.8 Å². The highest BCUT2D eigenvalue weighted by molar-refractivity contribution is 8.00. The Kier molecular flexibility index (Phi) is 6.84. The molecule has 1 atom stereocenters. The van der Waals surface area contributed by atoms with Gasteiger partial charge in [-0.25, -0.2) is 0 Å². The van der Waals surface area contributed by atoms with Crippen LogP contribution in [0.25, 0.3) is 0 Å². The average molecular weight is 317 g/mol. The van der Waals surface area contributed by atoms with Crippen LogP contribution in [-0.2, 0) is 16.1 Å². The van der Waals surface area contributed by atoms with Gasteiger partial charge in [-0.3, -0.25) is 9.59 Å². The zero-order valence-electron chi connectivity index (χ0n) is 11.1. The average Bonchev–Trinajstić information content (AvgIpc) is 2.38. The summed E-state index contributed by atoms with van der Waals surface area (Å²) in [4.78, 5) is 24.0. The van der Waals surface area contributed by atoms with Crippen molar-refractivity contribution in [3.63, 3.8) is 0 Å². The minimum atomic E-state index is -1.06. The third kappa shape index (κ3) is 5.81. The third-order valence-electron chi connectivity index (χ3n) is 2.57. The number of benzene rings is 1. The van der Waals surface area contributed by atoms with E-state index in [1.807, 2.05) is 12.1 Å². The van der Waals surface area contributed by atoms with E-state index in [2.05, 4.69) is 0 Å². The molecule has 0 saturated heterocycles. The molecule has 7 heteroatoms. The fourth-order valence-corrected chi connectivity index (χ4v) is 2.57. The molecular formula is C13H17ClN2O3S. The molecule has 3 N–H and O–H groups in total. The molecule has 0 unspecified atom stereocenters. The van der Waals surface area contributed by atoms with Crippen molar-refractivity contribution in [2.24, 2.45) is 5.73 Å². The van der Waals surface area contributed by atoms with E-state index in [4.69, 9.17) is 22.4 Å². The van der Waals surface area contributed by atoms with Crippen LogP contribution in [0.5, 0.6) is 0 Å². The molecule has 1 aromatic rings. The molecule has 0 aliphatic heterocycles. The fraction of sp³-hybridized carbons (Fsp3) is 0.385. The second-order valence-electron chi connectivity index (χ2n) is 4.34. The van der Waals surface area contributed by atoms with Gasteiger partial charge in [0.25, 0.3) is 0 Å². The number of carboxylic acid groups (broad SMARTS) is 1. The van der Waals surface area contributed by atoms with Gasteiger partial charge >= 0.3 is 5.97 Å². The zero-order chi connectivity index (χ0) is 15.1. The second-order valence-corrected chi connectivity index (χ2v) is 5.81. The molecule has 1 rings (SSSR count). The van der Waals surface area contributed by atoms with Crippen LogP contribution in [0.1, 0.15) is 5.56 Å². The molecule has 0 heterocycles. The summed E-state index contributed by atoms with van der Waals surface area (Å²) < 4.78 is 0. The standard InChI is InChI=1S/C13H17ClN2O3S/c1-16(6-9-3-2-4-10(14)5-9)12(17)8-20-7-11(15)13(18)19/h2-5,11H,6-8,15H2,1H3,(H,18,19)/t11-/m1/s1. The van der Waals surface area contributed by atoms with Gasteiger partial charge in [-0.1, -0.05) is 23.7 Å². The Bertz CT molecular complexity index is 484. The van der Waals surface area contributed by atoms with Crippen LogP contribution in [0.2, 0.25) is 5.02 Å². The van der Waals surface area contributed by atoms with Crippen LogP contribution >= 0.6 is 23.4 Å². The van der Waals surface area contributed by atoms with Crippen molar-refractivity contribution < 1.29 is 14.7 Å². The number of halogens is 1. The van der Waals surface area contributed by atoms with Gasteiger partial charge in [0.1, 0.15) is 6.04 Å². The van der Waals surface area contributed by atoms with Crippen molar-refractivity contribution in [2.45, 2.75) is 12.6 Å². The van der Waals surface area contributed by atoms with Crippen molar-refractivity contribution in [3.8, 4) is 0 Å². The number of hydrogen-bond acceptors (Lipinski definition) is 4. The van der Waals surface area contributed by atoms with Crippen LogP contribution in [0.15, 0.2) is 24.3 Å². The van der Waals surface area contributed by atoms with Crippen molar-refractivity contribution in [2.75, 3.05) is 18.6 Å². The minimum Gasteiger partial charge on any atom is -0.480 e. The van der Waals surface area contributed by atoms with Gasteiger partial charge in [0.05, 0.1) is 5.75 Å².